The van der Waals surface area contributed by atoms with Crippen molar-refractivity contribution in [3.05, 3.63) is 65.5 Å². The van der Waals surface area contributed by atoms with E-state index in [-0.39, 0.29) is 0 Å². The number of tetrazole rings is 1. The highest BCUT2D eigenvalue weighted by Crippen LogP contribution is 2.23. The molecule has 3 aromatic heterocycles. The van der Waals surface area contributed by atoms with E-state index in [1.54, 1.807) is 12.3 Å². The molecule has 0 atom stereocenters. The Morgan fingerprint density at radius 2 is 2.00 bits per heavy atom. The summed E-state index contributed by atoms with van der Waals surface area (Å²) in [5, 5.41) is 13.8. The minimum atomic E-state index is 0.341. The van der Waals surface area contributed by atoms with E-state index in [0.29, 0.717) is 18.3 Å². The van der Waals surface area contributed by atoms with E-state index in [1.165, 1.54) is 5.56 Å². The van der Waals surface area contributed by atoms with Gasteiger partial charge in [-0.1, -0.05) is 12.1 Å². The molecule has 4 aromatic rings. The van der Waals surface area contributed by atoms with Crippen LogP contribution in [0.2, 0.25) is 0 Å². The van der Waals surface area contributed by atoms with Crippen LogP contribution < -0.4 is 4.74 Å². The number of rotatable bonds is 8. The molecule has 0 unspecified atom stereocenters. The van der Waals surface area contributed by atoms with Gasteiger partial charge in [0, 0.05) is 6.42 Å². The lowest BCUT2D eigenvalue weighted by atomic mass is 10.1. The van der Waals surface area contributed by atoms with Gasteiger partial charge in [-0.05, 0) is 60.0 Å². The van der Waals surface area contributed by atoms with Crippen LogP contribution in [0.1, 0.15) is 29.3 Å². The molecule has 0 saturated carbocycles. The summed E-state index contributed by atoms with van der Waals surface area (Å²) in [6.07, 6.45) is 4.35. The van der Waals surface area contributed by atoms with Gasteiger partial charge in [-0.2, -0.15) is 0 Å². The number of furan rings is 1. The summed E-state index contributed by atoms with van der Waals surface area (Å²) < 4.78 is 16.8. The summed E-state index contributed by atoms with van der Waals surface area (Å²) in [6, 6.07) is 11.7. The Morgan fingerprint density at radius 1 is 1.11 bits per heavy atom. The second kappa shape index (κ2) is 7.86. The molecule has 1 N–H and O–H groups in total. The van der Waals surface area contributed by atoms with Gasteiger partial charge in [-0.3, -0.25) is 0 Å². The van der Waals surface area contributed by atoms with E-state index in [2.05, 4.69) is 37.7 Å². The minimum Gasteiger partial charge on any atom is -0.487 e. The number of nitrogens with one attached hydrogen (secondary N) is 1. The highest BCUT2D eigenvalue weighted by Gasteiger charge is 2.13. The zero-order valence-electron chi connectivity index (χ0n) is 14.9. The molecule has 0 spiro atoms. The second-order valence-corrected chi connectivity index (χ2v) is 6.13. The van der Waals surface area contributed by atoms with E-state index in [4.69, 9.17) is 13.6 Å². The fourth-order valence-electron chi connectivity index (χ4n) is 2.72. The number of hydrogen-bond donors (Lipinski definition) is 1. The summed E-state index contributed by atoms with van der Waals surface area (Å²) in [5.41, 5.74) is 2.00. The van der Waals surface area contributed by atoms with Gasteiger partial charge >= 0.3 is 0 Å². The molecule has 1 aromatic carbocycles. The largest absolute Gasteiger partial charge is 0.487 e. The van der Waals surface area contributed by atoms with Crippen molar-refractivity contribution in [2.75, 3.05) is 0 Å². The van der Waals surface area contributed by atoms with Gasteiger partial charge in [0.2, 0.25) is 0 Å². The van der Waals surface area contributed by atoms with Crippen molar-refractivity contribution in [2.24, 2.45) is 0 Å². The van der Waals surface area contributed by atoms with Crippen molar-refractivity contribution in [3.63, 3.8) is 0 Å². The van der Waals surface area contributed by atoms with Crippen molar-refractivity contribution >= 4 is 0 Å². The van der Waals surface area contributed by atoms with Gasteiger partial charge in [-0.15, -0.1) is 5.10 Å². The molecular formula is C19H19N5O3. The normalized spacial score (nSPS) is 11.0. The molecule has 0 bridgehead atoms. The molecule has 4 rings (SSSR count). The van der Waals surface area contributed by atoms with Crippen molar-refractivity contribution in [2.45, 2.75) is 32.8 Å². The van der Waals surface area contributed by atoms with Gasteiger partial charge in [0.25, 0.3) is 5.89 Å². The third-order valence-electron chi connectivity index (χ3n) is 4.19. The zero-order valence-corrected chi connectivity index (χ0v) is 14.9. The Bertz CT molecular complexity index is 960. The summed E-state index contributed by atoms with van der Waals surface area (Å²) in [4.78, 5) is 4.45. The standard InChI is InChI=1S/C19H19N5O3/c1-13-16(20-19(27-13)17-5-3-11-25-17)12-26-15-9-7-14(8-10-15)4-2-6-18-21-23-24-22-18/h3,5,7-11H,2,4,6,12H2,1H3,(H,21,22,23,24). The number of hydrogen-bond acceptors (Lipinski definition) is 7. The number of aryl methyl sites for hydroxylation is 3. The van der Waals surface area contributed by atoms with Gasteiger partial charge in [0.15, 0.2) is 5.76 Å². The number of oxazole rings is 1. The van der Waals surface area contributed by atoms with Crippen LogP contribution in [0.3, 0.4) is 0 Å². The number of ether oxygens (including phenoxy) is 1. The fraction of sp³-hybridized carbons (Fsp3) is 0.263. The quantitative estimate of drug-likeness (QED) is 0.509. The molecule has 0 amide bonds. The maximum atomic E-state index is 5.84. The molecule has 0 aliphatic rings. The molecule has 27 heavy (non-hydrogen) atoms. The number of aromatic nitrogens is 5. The third kappa shape index (κ3) is 4.22. The first kappa shape index (κ1) is 17.0. The highest BCUT2D eigenvalue weighted by molar-refractivity contribution is 5.44. The predicted octanol–water partition coefficient (Wildman–Crippen LogP) is 3.51. The van der Waals surface area contributed by atoms with E-state index in [1.807, 2.05) is 25.1 Å². The van der Waals surface area contributed by atoms with Crippen LogP contribution in [0.5, 0.6) is 5.75 Å². The summed E-state index contributed by atoms with van der Waals surface area (Å²) in [7, 11) is 0. The molecule has 8 heteroatoms. The van der Waals surface area contributed by atoms with Crippen molar-refractivity contribution < 1.29 is 13.6 Å². The average molecular weight is 365 g/mol. The number of H-pyrrole nitrogens is 1. The first-order valence-electron chi connectivity index (χ1n) is 8.72. The van der Waals surface area contributed by atoms with Crippen LogP contribution in [0.4, 0.5) is 0 Å². The molecule has 0 saturated heterocycles. The van der Waals surface area contributed by atoms with Crippen molar-refractivity contribution in [3.8, 4) is 17.4 Å². The van der Waals surface area contributed by atoms with Gasteiger partial charge in [0.1, 0.15) is 29.6 Å². The van der Waals surface area contributed by atoms with E-state index in [9.17, 15) is 0 Å². The Labute approximate surface area is 155 Å². The monoisotopic (exact) mass is 365 g/mol. The zero-order chi connectivity index (χ0) is 18.5. The lowest BCUT2D eigenvalue weighted by Gasteiger charge is -2.06. The van der Waals surface area contributed by atoms with Crippen LogP contribution in [0.25, 0.3) is 11.7 Å². The maximum Gasteiger partial charge on any atom is 0.263 e. The molecule has 0 radical (unpaired) electrons. The minimum absolute atomic E-state index is 0.341. The first-order valence-corrected chi connectivity index (χ1v) is 8.72. The topological polar surface area (TPSA) is 103 Å². The van der Waals surface area contributed by atoms with Gasteiger partial charge < -0.3 is 13.6 Å². The molecule has 0 aliphatic carbocycles. The van der Waals surface area contributed by atoms with Crippen LogP contribution >= 0.6 is 0 Å². The van der Waals surface area contributed by atoms with Crippen LogP contribution in [0.15, 0.2) is 51.5 Å². The second-order valence-electron chi connectivity index (χ2n) is 6.13. The van der Waals surface area contributed by atoms with E-state index >= 15 is 0 Å². The highest BCUT2D eigenvalue weighted by atomic mass is 16.5. The Morgan fingerprint density at radius 3 is 2.74 bits per heavy atom. The predicted molar refractivity (Wildman–Crippen MR) is 95.9 cm³/mol. The van der Waals surface area contributed by atoms with E-state index < -0.39 is 0 Å². The van der Waals surface area contributed by atoms with E-state index in [0.717, 1.165) is 42.3 Å². The van der Waals surface area contributed by atoms with Crippen LogP contribution in [0, 0.1) is 6.92 Å². The summed E-state index contributed by atoms with van der Waals surface area (Å²) in [5.74, 6) is 3.40. The van der Waals surface area contributed by atoms with Crippen LogP contribution in [-0.4, -0.2) is 25.6 Å². The number of benzene rings is 1. The molecule has 8 nitrogen and oxygen atoms in total. The third-order valence-corrected chi connectivity index (χ3v) is 4.19. The fourth-order valence-corrected chi connectivity index (χ4v) is 2.72. The van der Waals surface area contributed by atoms with Crippen molar-refractivity contribution in [1.82, 2.24) is 25.6 Å². The van der Waals surface area contributed by atoms with Gasteiger partial charge in [-0.25, -0.2) is 10.1 Å². The molecule has 138 valence electrons. The lowest BCUT2D eigenvalue weighted by molar-refractivity contribution is 0.299. The maximum absolute atomic E-state index is 5.84. The van der Waals surface area contributed by atoms with Crippen molar-refractivity contribution in [1.29, 1.82) is 0 Å². The Balaban J connectivity index is 1.30. The number of aromatic amines is 1. The van der Waals surface area contributed by atoms with Gasteiger partial charge in [0.05, 0.1) is 6.26 Å². The first-order chi connectivity index (χ1) is 13.3. The Hall–Kier alpha value is -3.42. The van der Waals surface area contributed by atoms with Crippen LogP contribution in [-0.2, 0) is 19.4 Å². The smallest absolute Gasteiger partial charge is 0.263 e. The molecular weight excluding hydrogens is 346 g/mol. The molecule has 0 fully saturated rings. The summed E-state index contributed by atoms with van der Waals surface area (Å²) >= 11 is 0. The molecule has 0 aliphatic heterocycles. The molecule has 3 heterocycles. The SMILES string of the molecule is Cc1oc(-c2ccco2)nc1COc1ccc(CCCc2nnn[nH]2)cc1. The summed E-state index contributed by atoms with van der Waals surface area (Å²) in [6.45, 7) is 2.21. The number of nitrogens with zero attached hydrogens (tertiary/aromatic N) is 4. The average Bonchev–Trinajstić information content (AvgIpc) is 3.43. The Kier molecular flexibility index (Phi) is 4.95. The lowest BCUT2D eigenvalue weighted by Crippen LogP contribution is -1.98.